The Hall–Kier alpha value is -0.0900. The van der Waals surface area contributed by atoms with Crippen molar-refractivity contribution in [3.63, 3.8) is 0 Å². The molecule has 0 spiro atoms. The van der Waals surface area contributed by atoms with Crippen LogP contribution in [0.25, 0.3) is 0 Å². The van der Waals surface area contributed by atoms with Gasteiger partial charge in [-0.2, -0.15) is 0 Å². The van der Waals surface area contributed by atoms with Gasteiger partial charge in [0, 0.05) is 18.3 Å². The Labute approximate surface area is 111 Å². The molecule has 0 saturated heterocycles. The number of nitrogens with one attached hydrogen (secondary N) is 1. The molecule has 3 saturated carbocycles. The first kappa shape index (κ1) is 12.9. The summed E-state index contributed by atoms with van der Waals surface area (Å²) >= 11 is 0. The van der Waals surface area contributed by atoms with Gasteiger partial charge in [-0.15, -0.1) is 0 Å². The summed E-state index contributed by atoms with van der Waals surface area (Å²) in [6, 6.07) is 0.612. The third kappa shape index (κ3) is 2.22. The second kappa shape index (κ2) is 4.78. The fourth-order valence-corrected chi connectivity index (χ4v) is 5.56. The predicted octanol–water partition coefficient (Wildman–Crippen LogP) is 1.84. The van der Waals surface area contributed by atoms with Gasteiger partial charge in [-0.25, -0.2) is 8.42 Å². The van der Waals surface area contributed by atoms with E-state index in [1.807, 2.05) is 0 Å². The van der Waals surface area contributed by atoms with Crippen LogP contribution in [-0.2, 0) is 9.84 Å². The first-order chi connectivity index (χ1) is 8.61. The molecule has 0 heterocycles. The second-order valence-corrected chi connectivity index (χ2v) is 8.92. The fraction of sp³-hybridized carbons (Fsp3) is 1.00. The minimum Gasteiger partial charge on any atom is -0.313 e. The van der Waals surface area contributed by atoms with Crippen molar-refractivity contribution in [1.82, 2.24) is 5.32 Å². The fourth-order valence-electron chi connectivity index (χ4n) is 4.85. The van der Waals surface area contributed by atoms with E-state index in [9.17, 15) is 8.42 Å². The first-order valence-corrected chi connectivity index (χ1v) is 9.36. The molecule has 3 aliphatic rings. The molecule has 4 heteroatoms. The van der Waals surface area contributed by atoms with Gasteiger partial charge in [0.25, 0.3) is 0 Å². The average Bonchev–Trinajstić information content (AvgIpc) is 3.00. The summed E-state index contributed by atoms with van der Waals surface area (Å²) in [5.74, 6) is 4.37. The summed E-state index contributed by atoms with van der Waals surface area (Å²) in [5, 5.41) is 3.54. The summed E-state index contributed by atoms with van der Waals surface area (Å²) in [7, 11) is -2.80. The number of sulfone groups is 1. The highest BCUT2D eigenvalue weighted by atomic mass is 32.2. The van der Waals surface area contributed by atoms with E-state index in [0.717, 1.165) is 23.7 Å². The van der Waals surface area contributed by atoms with E-state index in [-0.39, 0.29) is 5.75 Å². The molecule has 0 amide bonds. The van der Waals surface area contributed by atoms with Crippen LogP contribution in [0.2, 0.25) is 0 Å². The van der Waals surface area contributed by atoms with Crippen molar-refractivity contribution in [2.24, 2.45) is 23.7 Å². The molecule has 0 aromatic rings. The summed E-state index contributed by atoms with van der Waals surface area (Å²) in [4.78, 5) is 0. The number of rotatable bonds is 5. The Balaban J connectivity index is 1.51. The maximum Gasteiger partial charge on any atom is 0.151 e. The second-order valence-electron chi connectivity index (χ2n) is 6.45. The van der Waals surface area contributed by atoms with E-state index >= 15 is 0 Å². The van der Waals surface area contributed by atoms with E-state index in [1.54, 1.807) is 6.92 Å². The van der Waals surface area contributed by atoms with Crippen molar-refractivity contribution < 1.29 is 8.42 Å². The van der Waals surface area contributed by atoms with Gasteiger partial charge in [0.15, 0.2) is 9.84 Å². The Morgan fingerprint density at radius 3 is 2.67 bits per heavy atom. The normalized spacial score (nSPS) is 42.4. The van der Waals surface area contributed by atoms with E-state index in [2.05, 4.69) is 5.32 Å². The maximum absolute atomic E-state index is 11.5. The van der Waals surface area contributed by atoms with Crippen LogP contribution in [0.4, 0.5) is 0 Å². The molecule has 3 nitrogen and oxygen atoms in total. The van der Waals surface area contributed by atoms with Crippen LogP contribution in [0.1, 0.15) is 39.0 Å². The molecule has 2 bridgehead atoms. The van der Waals surface area contributed by atoms with Gasteiger partial charge >= 0.3 is 0 Å². The predicted molar refractivity (Wildman–Crippen MR) is 73.2 cm³/mol. The first-order valence-electron chi connectivity index (χ1n) is 7.54. The number of hydrogen-bond donors (Lipinski definition) is 1. The van der Waals surface area contributed by atoms with E-state index in [0.29, 0.717) is 18.3 Å². The van der Waals surface area contributed by atoms with Crippen LogP contribution in [0.3, 0.4) is 0 Å². The highest BCUT2D eigenvalue weighted by molar-refractivity contribution is 7.91. The third-order valence-electron chi connectivity index (χ3n) is 5.69. The van der Waals surface area contributed by atoms with Gasteiger partial charge in [-0.05, 0) is 49.4 Å². The topological polar surface area (TPSA) is 46.2 Å². The minimum atomic E-state index is -2.80. The Kier molecular flexibility index (Phi) is 3.43. The van der Waals surface area contributed by atoms with Crippen molar-refractivity contribution in [2.45, 2.75) is 45.1 Å². The Morgan fingerprint density at radius 2 is 1.89 bits per heavy atom. The van der Waals surface area contributed by atoms with Gasteiger partial charge < -0.3 is 5.32 Å². The third-order valence-corrected chi connectivity index (χ3v) is 7.39. The summed E-state index contributed by atoms with van der Waals surface area (Å²) in [6.45, 7) is 2.39. The molecule has 0 aliphatic heterocycles. The van der Waals surface area contributed by atoms with Gasteiger partial charge in [0.2, 0.25) is 0 Å². The van der Waals surface area contributed by atoms with Crippen molar-refractivity contribution in [2.75, 3.05) is 18.1 Å². The molecule has 3 fully saturated rings. The Bertz CT molecular complexity index is 406. The molecule has 0 unspecified atom stereocenters. The SMILES string of the molecule is CCS(=O)(=O)CCN[C@H]1C[C@@H]2C[C@@H]1[C@H]1CCC[C@H]21. The quantitative estimate of drug-likeness (QED) is 0.830. The lowest BCUT2D eigenvalue weighted by Crippen LogP contribution is -2.41. The lowest BCUT2D eigenvalue weighted by atomic mass is 9.79. The van der Waals surface area contributed by atoms with E-state index in [1.165, 1.54) is 32.1 Å². The van der Waals surface area contributed by atoms with Crippen LogP contribution in [0.5, 0.6) is 0 Å². The molecule has 3 rings (SSSR count). The summed E-state index contributed by atoms with van der Waals surface area (Å²) < 4.78 is 23.0. The standard InChI is InChI=1S/C14H25NO2S/c1-2-18(16,17)7-6-15-14-9-10-8-13(14)12-5-3-4-11(10)12/h10-15H,2-9H2,1H3/t10-,11+,12-,13+,14-/m0/s1. The largest absolute Gasteiger partial charge is 0.313 e. The van der Waals surface area contributed by atoms with Crippen LogP contribution in [0, 0.1) is 23.7 Å². The van der Waals surface area contributed by atoms with Crippen LogP contribution < -0.4 is 5.32 Å². The molecule has 0 radical (unpaired) electrons. The number of fused-ring (bicyclic) bond motifs is 5. The van der Waals surface area contributed by atoms with E-state index in [4.69, 9.17) is 0 Å². The minimum absolute atomic E-state index is 0.274. The van der Waals surface area contributed by atoms with Gasteiger partial charge in [0.1, 0.15) is 0 Å². The van der Waals surface area contributed by atoms with Crippen molar-refractivity contribution >= 4 is 9.84 Å². The lowest BCUT2D eigenvalue weighted by Gasteiger charge is -2.32. The van der Waals surface area contributed by atoms with Gasteiger partial charge in [0.05, 0.1) is 5.75 Å². The molecule has 3 aliphatic carbocycles. The molecule has 0 aromatic carbocycles. The van der Waals surface area contributed by atoms with E-state index < -0.39 is 9.84 Å². The Morgan fingerprint density at radius 1 is 1.11 bits per heavy atom. The van der Waals surface area contributed by atoms with Crippen LogP contribution in [-0.4, -0.2) is 32.5 Å². The van der Waals surface area contributed by atoms with Crippen LogP contribution >= 0.6 is 0 Å². The molecule has 1 N–H and O–H groups in total. The zero-order chi connectivity index (χ0) is 12.8. The highest BCUT2D eigenvalue weighted by Crippen LogP contribution is 2.58. The smallest absolute Gasteiger partial charge is 0.151 e. The number of hydrogen-bond acceptors (Lipinski definition) is 3. The van der Waals surface area contributed by atoms with Crippen molar-refractivity contribution in [3.8, 4) is 0 Å². The summed E-state index contributed by atoms with van der Waals surface area (Å²) in [6.07, 6.45) is 7.03. The molecule has 5 atom stereocenters. The lowest BCUT2D eigenvalue weighted by molar-refractivity contribution is 0.211. The maximum atomic E-state index is 11.5. The molecule has 104 valence electrons. The van der Waals surface area contributed by atoms with Crippen molar-refractivity contribution in [1.29, 1.82) is 0 Å². The zero-order valence-electron chi connectivity index (χ0n) is 11.3. The molecular formula is C14H25NO2S. The highest BCUT2D eigenvalue weighted by Gasteiger charge is 2.53. The van der Waals surface area contributed by atoms with Gasteiger partial charge in [-0.1, -0.05) is 13.3 Å². The summed E-state index contributed by atoms with van der Waals surface area (Å²) in [5.41, 5.74) is 0. The molecule has 0 aromatic heterocycles. The monoisotopic (exact) mass is 271 g/mol. The molecular weight excluding hydrogens is 246 g/mol. The molecule has 18 heavy (non-hydrogen) atoms. The van der Waals surface area contributed by atoms with Crippen molar-refractivity contribution in [3.05, 3.63) is 0 Å². The van der Waals surface area contributed by atoms with Crippen LogP contribution in [0.15, 0.2) is 0 Å². The van der Waals surface area contributed by atoms with Gasteiger partial charge in [-0.3, -0.25) is 0 Å². The average molecular weight is 271 g/mol. The zero-order valence-corrected chi connectivity index (χ0v) is 12.1.